The molecule has 0 spiro atoms. The van der Waals surface area contributed by atoms with E-state index in [1.807, 2.05) is 53.9 Å². The Kier molecular flexibility index (Phi) is 5.07. The standard InChI is InChI=1S/C27H26NO4S/c29-23(25-10-5-15-33-25)16-28-13-11-18(12-14-28)24(17-28)31-27(30)32-26-21-8-3-1-6-19(21)20-7-2-4-9-22(20)26/h1-10,15,18,24,26H,11-14,16-17H2/q+1/t18?,24-,28?/m0/s1. The summed E-state index contributed by atoms with van der Waals surface area (Å²) in [7, 11) is 0. The van der Waals surface area contributed by atoms with E-state index in [1.165, 1.54) is 11.3 Å². The fourth-order valence-electron chi connectivity index (χ4n) is 5.88. The van der Waals surface area contributed by atoms with Crippen molar-refractivity contribution >= 4 is 23.3 Å². The minimum Gasteiger partial charge on any atom is -0.425 e. The number of fused-ring (bicyclic) bond motifs is 6. The number of benzene rings is 2. The Morgan fingerprint density at radius 2 is 1.55 bits per heavy atom. The number of rotatable bonds is 5. The van der Waals surface area contributed by atoms with Gasteiger partial charge in [-0.1, -0.05) is 54.6 Å². The first kappa shape index (κ1) is 20.6. The predicted octanol–water partition coefficient (Wildman–Crippen LogP) is 5.46. The zero-order valence-electron chi connectivity index (χ0n) is 18.3. The summed E-state index contributed by atoms with van der Waals surface area (Å²) in [5, 5.41) is 1.94. The Labute approximate surface area is 197 Å². The molecule has 4 aliphatic rings. The molecule has 3 aliphatic heterocycles. The summed E-state index contributed by atoms with van der Waals surface area (Å²) in [5.74, 6) is 0.531. The van der Waals surface area contributed by atoms with Gasteiger partial charge in [-0.3, -0.25) is 4.79 Å². The maximum atomic E-state index is 13.0. The van der Waals surface area contributed by atoms with Crippen LogP contribution in [0.3, 0.4) is 0 Å². The number of Topliss-reactive ketones (excluding diaryl/α,β-unsaturated/α-hetero) is 1. The highest BCUT2D eigenvalue weighted by Gasteiger charge is 2.49. The van der Waals surface area contributed by atoms with Crippen LogP contribution in [0.25, 0.3) is 11.1 Å². The molecule has 0 radical (unpaired) electrons. The van der Waals surface area contributed by atoms with Crippen LogP contribution in [0, 0.1) is 5.92 Å². The van der Waals surface area contributed by atoms with Crippen molar-refractivity contribution in [1.82, 2.24) is 0 Å². The van der Waals surface area contributed by atoms with Gasteiger partial charge in [0, 0.05) is 29.9 Å². The number of carbonyl (C=O) groups excluding carboxylic acids is 2. The van der Waals surface area contributed by atoms with Crippen LogP contribution >= 0.6 is 11.3 Å². The number of carbonyl (C=O) groups is 2. The molecular weight excluding hydrogens is 434 g/mol. The minimum absolute atomic E-state index is 0.186. The van der Waals surface area contributed by atoms with Gasteiger partial charge in [-0.15, -0.1) is 11.3 Å². The van der Waals surface area contributed by atoms with Gasteiger partial charge in [0.05, 0.1) is 18.0 Å². The first-order valence-electron chi connectivity index (χ1n) is 11.6. The van der Waals surface area contributed by atoms with E-state index >= 15 is 0 Å². The molecule has 33 heavy (non-hydrogen) atoms. The fraction of sp³-hybridized carbons (Fsp3) is 0.333. The van der Waals surface area contributed by atoms with Crippen LogP contribution in [0.2, 0.25) is 0 Å². The number of hydrogen-bond donors (Lipinski definition) is 0. The summed E-state index contributed by atoms with van der Waals surface area (Å²) in [6, 6.07) is 19.9. The van der Waals surface area contributed by atoms with Crippen molar-refractivity contribution in [2.24, 2.45) is 5.92 Å². The summed E-state index contributed by atoms with van der Waals surface area (Å²) in [6.45, 7) is 3.11. The van der Waals surface area contributed by atoms with E-state index in [4.69, 9.17) is 9.47 Å². The quantitative estimate of drug-likeness (QED) is 0.288. The van der Waals surface area contributed by atoms with Crippen molar-refractivity contribution in [3.8, 4) is 11.1 Å². The summed E-state index contributed by atoms with van der Waals surface area (Å²) in [6.07, 6.45) is 0.681. The first-order chi connectivity index (χ1) is 16.1. The first-order valence-corrected chi connectivity index (χ1v) is 12.5. The Hall–Kier alpha value is -2.96. The lowest BCUT2D eigenvalue weighted by Gasteiger charge is -2.51. The van der Waals surface area contributed by atoms with Gasteiger partial charge in [0.15, 0.2) is 12.2 Å². The van der Waals surface area contributed by atoms with E-state index in [1.54, 1.807) is 0 Å². The monoisotopic (exact) mass is 460 g/mol. The molecule has 5 nitrogen and oxygen atoms in total. The minimum atomic E-state index is -0.618. The highest BCUT2D eigenvalue weighted by atomic mass is 32.1. The van der Waals surface area contributed by atoms with E-state index in [0.717, 1.165) is 53.1 Å². The van der Waals surface area contributed by atoms with Gasteiger partial charge in [0.25, 0.3) is 0 Å². The number of hydrogen-bond acceptors (Lipinski definition) is 5. The zero-order valence-corrected chi connectivity index (χ0v) is 19.1. The largest absolute Gasteiger partial charge is 0.509 e. The van der Waals surface area contributed by atoms with E-state index in [9.17, 15) is 9.59 Å². The van der Waals surface area contributed by atoms with Crippen LogP contribution in [0.1, 0.15) is 39.7 Å². The Morgan fingerprint density at radius 3 is 2.18 bits per heavy atom. The second kappa shape index (κ2) is 8.12. The Balaban J connectivity index is 1.16. The fourth-order valence-corrected chi connectivity index (χ4v) is 6.54. The molecule has 1 aliphatic carbocycles. The zero-order chi connectivity index (χ0) is 22.4. The molecule has 1 atom stereocenters. The van der Waals surface area contributed by atoms with Crippen molar-refractivity contribution in [2.45, 2.75) is 25.0 Å². The lowest BCUT2D eigenvalue weighted by Crippen LogP contribution is -2.65. The van der Waals surface area contributed by atoms with Crippen molar-refractivity contribution in [3.05, 3.63) is 82.0 Å². The van der Waals surface area contributed by atoms with Gasteiger partial charge in [-0.2, -0.15) is 0 Å². The number of quaternary nitrogens is 1. The van der Waals surface area contributed by atoms with E-state index < -0.39 is 12.3 Å². The lowest BCUT2D eigenvalue weighted by atomic mass is 9.83. The number of piperidine rings is 3. The van der Waals surface area contributed by atoms with Gasteiger partial charge >= 0.3 is 6.16 Å². The molecular formula is C27H26NO4S+. The topological polar surface area (TPSA) is 52.6 Å². The van der Waals surface area contributed by atoms with Crippen LogP contribution in [0.15, 0.2) is 66.0 Å². The number of thiophene rings is 1. The van der Waals surface area contributed by atoms with E-state index in [-0.39, 0.29) is 11.9 Å². The van der Waals surface area contributed by atoms with Crippen molar-refractivity contribution in [1.29, 1.82) is 0 Å². The van der Waals surface area contributed by atoms with Crippen LogP contribution < -0.4 is 0 Å². The summed E-state index contributed by atoms with van der Waals surface area (Å²) in [4.78, 5) is 26.6. The molecule has 0 unspecified atom stereocenters. The molecule has 3 aromatic rings. The van der Waals surface area contributed by atoms with Gasteiger partial charge in [0.1, 0.15) is 13.1 Å². The molecule has 2 aromatic carbocycles. The molecule has 0 N–H and O–H groups in total. The average Bonchev–Trinajstić information content (AvgIpc) is 3.48. The highest BCUT2D eigenvalue weighted by Crippen LogP contribution is 2.45. The van der Waals surface area contributed by atoms with Crippen LogP contribution in [0.4, 0.5) is 4.79 Å². The van der Waals surface area contributed by atoms with Gasteiger partial charge in [-0.05, 0) is 22.6 Å². The van der Waals surface area contributed by atoms with Gasteiger partial charge in [0.2, 0.25) is 5.78 Å². The lowest BCUT2D eigenvalue weighted by molar-refractivity contribution is -0.938. The molecule has 3 saturated heterocycles. The van der Waals surface area contributed by atoms with Crippen LogP contribution in [-0.4, -0.2) is 48.7 Å². The predicted molar refractivity (Wildman–Crippen MR) is 126 cm³/mol. The average molecular weight is 461 g/mol. The maximum absolute atomic E-state index is 13.0. The number of ketones is 1. The van der Waals surface area contributed by atoms with Crippen LogP contribution in [-0.2, 0) is 9.47 Å². The Morgan fingerprint density at radius 1 is 0.879 bits per heavy atom. The molecule has 0 amide bonds. The van der Waals surface area contributed by atoms with E-state index in [2.05, 4.69) is 12.1 Å². The molecule has 4 heterocycles. The third-order valence-electron chi connectivity index (χ3n) is 7.55. The Bertz CT molecular complexity index is 1150. The van der Waals surface area contributed by atoms with Gasteiger partial charge < -0.3 is 14.0 Å². The van der Waals surface area contributed by atoms with Crippen molar-refractivity contribution in [2.75, 3.05) is 26.2 Å². The van der Waals surface area contributed by atoms with E-state index in [0.29, 0.717) is 23.5 Å². The summed E-state index contributed by atoms with van der Waals surface area (Å²) in [5.41, 5.74) is 4.19. The van der Waals surface area contributed by atoms with Crippen LogP contribution in [0.5, 0.6) is 0 Å². The number of ether oxygens (including phenoxy) is 2. The number of nitrogens with zero attached hydrogens (tertiary/aromatic N) is 1. The molecule has 3 fully saturated rings. The molecule has 168 valence electrons. The summed E-state index contributed by atoms with van der Waals surface area (Å²) < 4.78 is 12.6. The second-order valence-electron chi connectivity index (χ2n) is 9.45. The third-order valence-corrected chi connectivity index (χ3v) is 8.47. The molecule has 2 bridgehead atoms. The van der Waals surface area contributed by atoms with Crippen molar-refractivity contribution < 1.29 is 23.5 Å². The highest BCUT2D eigenvalue weighted by molar-refractivity contribution is 7.12. The molecule has 7 rings (SSSR count). The smallest absolute Gasteiger partial charge is 0.425 e. The third kappa shape index (κ3) is 3.67. The SMILES string of the molecule is O=C(OC1c2ccccc2-c2ccccc21)O[C@H]1C[N+]2(CC(=O)c3cccs3)CCC1CC2. The normalized spacial score (nSPS) is 25.3. The summed E-state index contributed by atoms with van der Waals surface area (Å²) >= 11 is 1.49. The van der Waals surface area contributed by atoms with Gasteiger partial charge in [-0.25, -0.2) is 4.79 Å². The molecule has 6 heteroatoms. The molecule has 1 aromatic heterocycles. The molecule has 0 saturated carbocycles. The maximum Gasteiger partial charge on any atom is 0.509 e. The second-order valence-corrected chi connectivity index (χ2v) is 10.4. The van der Waals surface area contributed by atoms with Crippen molar-refractivity contribution in [3.63, 3.8) is 0 Å².